The van der Waals surface area contributed by atoms with Gasteiger partial charge in [0.25, 0.3) is 0 Å². The number of hydrogen-bond acceptors (Lipinski definition) is 3. The Morgan fingerprint density at radius 1 is 1.04 bits per heavy atom. The lowest BCUT2D eigenvalue weighted by Crippen LogP contribution is -2.22. The lowest BCUT2D eigenvalue weighted by Gasteiger charge is -2.12. The van der Waals surface area contributed by atoms with Gasteiger partial charge >= 0.3 is 0 Å². The van der Waals surface area contributed by atoms with Gasteiger partial charge < -0.3 is 16.0 Å². The maximum absolute atomic E-state index is 12.1. The molecule has 0 unspecified atom stereocenters. The van der Waals surface area contributed by atoms with Gasteiger partial charge in [0.15, 0.2) is 0 Å². The first kappa shape index (κ1) is 18.8. The van der Waals surface area contributed by atoms with Crippen LogP contribution in [-0.4, -0.2) is 18.4 Å². The fourth-order valence-electron chi connectivity index (χ4n) is 2.14. The van der Waals surface area contributed by atoms with Gasteiger partial charge in [-0.3, -0.25) is 9.59 Å². The average molecular weight is 360 g/mol. The number of hydrogen-bond donors (Lipinski definition) is 3. The number of amides is 2. The topological polar surface area (TPSA) is 70.2 Å². The van der Waals surface area contributed by atoms with Crippen molar-refractivity contribution in [2.75, 3.05) is 22.5 Å². The van der Waals surface area contributed by atoms with Gasteiger partial charge in [0.05, 0.1) is 6.54 Å². The first-order chi connectivity index (χ1) is 11.9. The van der Waals surface area contributed by atoms with Gasteiger partial charge in [-0.15, -0.1) is 0 Å². The Morgan fingerprint density at radius 2 is 1.68 bits per heavy atom. The monoisotopic (exact) mass is 359 g/mol. The second-order valence-corrected chi connectivity index (χ2v) is 6.45. The third-order valence-electron chi connectivity index (χ3n) is 3.65. The highest BCUT2D eigenvalue weighted by Gasteiger charge is 2.09. The van der Waals surface area contributed by atoms with Gasteiger partial charge in [0.2, 0.25) is 11.8 Å². The van der Waals surface area contributed by atoms with Crippen LogP contribution in [0.3, 0.4) is 0 Å². The Morgan fingerprint density at radius 3 is 2.36 bits per heavy atom. The fourth-order valence-corrected chi connectivity index (χ4v) is 2.32. The van der Waals surface area contributed by atoms with Crippen molar-refractivity contribution in [2.24, 2.45) is 5.92 Å². The molecule has 0 saturated carbocycles. The van der Waals surface area contributed by atoms with Crippen LogP contribution in [0.5, 0.6) is 0 Å². The van der Waals surface area contributed by atoms with Crippen LogP contribution in [-0.2, 0) is 9.59 Å². The summed E-state index contributed by atoms with van der Waals surface area (Å²) in [6, 6.07) is 12.6. The van der Waals surface area contributed by atoms with E-state index in [0.29, 0.717) is 16.4 Å². The van der Waals surface area contributed by atoms with Crippen molar-refractivity contribution in [2.45, 2.75) is 20.8 Å². The number of rotatable bonds is 6. The van der Waals surface area contributed by atoms with Crippen molar-refractivity contribution in [3.05, 3.63) is 53.1 Å². The molecule has 2 aromatic rings. The van der Waals surface area contributed by atoms with E-state index in [2.05, 4.69) is 16.0 Å². The quantitative estimate of drug-likeness (QED) is 0.720. The second-order valence-electron chi connectivity index (χ2n) is 6.04. The van der Waals surface area contributed by atoms with E-state index in [1.54, 1.807) is 30.3 Å². The summed E-state index contributed by atoms with van der Waals surface area (Å²) in [5.41, 5.74) is 2.99. The van der Waals surface area contributed by atoms with E-state index in [4.69, 9.17) is 11.6 Å². The lowest BCUT2D eigenvalue weighted by atomic mass is 10.2. The van der Waals surface area contributed by atoms with Crippen molar-refractivity contribution >= 4 is 40.5 Å². The molecule has 25 heavy (non-hydrogen) atoms. The van der Waals surface area contributed by atoms with Crippen molar-refractivity contribution in [3.8, 4) is 0 Å². The summed E-state index contributed by atoms with van der Waals surface area (Å²) >= 11 is 6.06. The molecule has 2 rings (SSSR count). The molecule has 3 N–H and O–H groups in total. The van der Waals surface area contributed by atoms with Gasteiger partial charge in [-0.2, -0.15) is 0 Å². The van der Waals surface area contributed by atoms with Crippen molar-refractivity contribution in [3.63, 3.8) is 0 Å². The SMILES string of the molecule is Cc1c(Cl)cccc1NCC(=O)Nc1cccc(NC(=O)C(C)C)c1. The van der Waals surface area contributed by atoms with Crippen molar-refractivity contribution in [1.82, 2.24) is 0 Å². The van der Waals surface area contributed by atoms with Crippen molar-refractivity contribution < 1.29 is 9.59 Å². The number of nitrogens with one attached hydrogen (secondary N) is 3. The molecule has 0 aliphatic heterocycles. The Balaban J connectivity index is 1.94. The van der Waals surface area contributed by atoms with Gasteiger partial charge in [0, 0.05) is 28.0 Å². The maximum Gasteiger partial charge on any atom is 0.243 e. The standard InChI is InChI=1S/C19H22ClN3O2/c1-12(2)19(25)23-15-7-4-6-14(10-15)22-18(24)11-21-17-9-5-8-16(20)13(17)3/h4-10,12,21H,11H2,1-3H3,(H,22,24)(H,23,25). The molecule has 0 heterocycles. The highest BCUT2D eigenvalue weighted by atomic mass is 35.5. The number of anilines is 3. The smallest absolute Gasteiger partial charge is 0.243 e. The van der Waals surface area contributed by atoms with Gasteiger partial charge in [0.1, 0.15) is 0 Å². The summed E-state index contributed by atoms with van der Waals surface area (Å²) in [7, 11) is 0. The van der Waals surface area contributed by atoms with E-state index >= 15 is 0 Å². The average Bonchev–Trinajstić information content (AvgIpc) is 2.56. The van der Waals surface area contributed by atoms with Crippen LogP contribution in [0, 0.1) is 12.8 Å². The molecule has 0 aliphatic carbocycles. The number of carbonyl (C=O) groups is 2. The fraction of sp³-hybridized carbons (Fsp3) is 0.263. The predicted octanol–water partition coefficient (Wildman–Crippen LogP) is 4.29. The molecule has 2 aromatic carbocycles. The minimum atomic E-state index is -0.188. The molecular weight excluding hydrogens is 338 g/mol. The third kappa shape index (κ3) is 5.50. The Kier molecular flexibility index (Phi) is 6.42. The van der Waals surface area contributed by atoms with E-state index in [1.165, 1.54) is 0 Å². The molecule has 2 amide bonds. The predicted molar refractivity (Wildman–Crippen MR) is 103 cm³/mol. The molecule has 0 spiro atoms. The molecular formula is C19H22ClN3O2. The molecule has 5 nitrogen and oxygen atoms in total. The highest BCUT2D eigenvalue weighted by Crippen LogP contribution is 2.22. The van der Waals surface area contributed by atoms with E-state index in [9.17, 15) is 9.59 Å². The third-order valence-corrected chi connectivity index (χ3v) is 4.05. The normalized spacial score (nSPS) is 10.4. The molecule has 0 aromatic heterocycles. The van der Waals surface area contributed by atoms with E-state index in [1.807, 2.05) is 32.9 Å². The summed E-state index contributed by atoms with van der Waals surface area (Å²) in [5.74, 6) is -0.364. The summed E-state index contributed by atoms with van der Waals surface area (Å²) in [6.07, 6.45) is 0. The summed E-state index contributed by atoms with van der Waals surface area (Å²) in [5, 5.41) is 9.33. The number of benzene rings is 2. The Labute approximate surface area is 152 Å². The molecule has 0 bridgehead atoms. The van der Waals surface area contributed by atoms with Crippen LogP contribution in [0.1, 0.15) is 19.4 Å². The lowest BCUT2D eigenvalue weighted by molar-refractivity contribution is -0.119. The van der Waals surface area contributed by atoms with Crippen LogP contribution >= 0.6 is 11.6 Å². The van der Waals surface area contributed by atoms with Gasteiger partial charge in [-0.05, 0) is 42.8 Å². The molecule has 6 heteroatoms. The summed E-state index contributed by atoms with van der Waals surface area (Å²) in [4.78, 5) is 23.9. The van der Waals surface area contributed by atoms with E-state index in [0.717, 1.165) is 11.3 Å². The van der Waals surface area contributed by atoms with Crippen LogP contribution in [0.25, 0.3) is 0 Å². The van der Waals surface area contributed by atoms with Gasteiger partial charge in [-0.1, -0.05) is 37.6 Å². The summed E-state index contributed by atoms with van der Waals surface area (Å²) < 4.78 is 0. The van der Waals surface area contributed by atoms with Crippen LogP contribution in [0.15, 0.2) is 42.5 Å². The zero-order valence-corrected chi connectivity index (χ0v) is 15.3. The molecule has 132 valence electrons. The van der Waals surface area contributed by atoms with E-state index in [-0.39, 0.29) is 24.3 Å². The van der Waals surface area contributed by atoms with Crippen LogP contribution < -0.4 is 16.0 Å². The molecule has 0 fully saturated rings. The number of halogens is 1. The minimum Gasteiger partial charge on any atom is -0.376 e. The maximum atomic E-state index is 12.1. The first-order valence-electron chi connectivity index (χ1n) is 8.06. The number of carbonyl (C=O) groups excluding carboxylic acids is 2. The zero-order valence-electron chi connectivity index (χ0n) is 14.5. The minimum absolute atomic E-state index is 0.0680. The summed E-state index contributed by atoms with van der Waals surface area (Å²) in [6.45, 7) is 5.65. The van der Waals surface area contributed by atoms with Crippen LogP contribution in [0.2, 0.25) is 5.02 Å². The Hall–Kier alpha value is -2.53. The van der Waals surface area contributed by atoms with Crippen molar-refractivity contribution in [1.29, 1.82) is 0 Å². The second kappa shape index (κ2) is 8.53. The molecule has 0 saturated heterocycles. The zero-order chi connectivity index (χ0) is 18.4. The van der Waals surface area contributed by atoms with Gasteiger partial charge in [-0.25, -0.2) is 0 Å². The highest BCUT2D eigenvalue weighted by molar-refractivity contribution is 6.31. The first-order valence-corrected chi connectivity index (χ1v) is 8.44. The Bertz CT molecular complexity index is 775. The molecule has 0 atom stereocenters. The molecule has 0 aliphatic rings. The van der Waals surface area contributed by atoms with Crippen LogP contribution in [0.4, 0.5) is 17.1 Å². The molecule has 0 radical (unpaired) electrons. The largest absolute Gasteiger partial charge is 0.376 e. The van der Waals surface area contributed by atoms with E-state index < -0.39 is 0 Å².